The Hall–Kier alpha value is -1.35. The van der Waals surface area contributed by atoms with Crippen molar-refractivity contribution in [3.05, 3.63) is 41.7 Å². The van der Waals surface area contributed by atoms with Gasteiger partial charge in [-0.3, -0.25) is 0 Å². The summed E-state index contributed by atoms with van der Waals surface area (Å²) in [7, 11) is 1.46. The van der Waals surface area contributed by atoms with Crippen molar-refractivity contribution in [3.8, 4) is 5.75 Å². The minimum Gasteiger partial charge on any atom is -0.494 e. The van der Waals surface area contributed by atoms with Gasteiger partial charge in [0.25, 0.3) is 0 Å². The van der Waals surface area contributed by atoms with E-state index in [1.54, 1.807) is 18.2 Å². The molecule has 0 heterocycles. The fraction of sp³-hybridized carbons (Fsp3) is 0.333. The smallest absolute Gasteiger partial charge is 0.169 e. The van der Waals surface area contributed by atoms with Gasteiger partial charge >= 0.3 is 0 Å². The monoisotopic (exact) mass is 209 g/mol. The molecule has 3 heteroatoms. The van der Waals surface area contributed by atoms with Crippen LogP contribution < -0.4 is 10.1 Å². The first-order valence-electron chi connectivity index (χ1n) is 4.81. The lowest BCUT2D eigenvalue weighted by Gasteiger charge is -2.08. The van der Waals surface area contributed by atoms with Gasteiger partial charge in [-0.25, -0.2) is 4.39 Å². The lowest BCUT2D eigenvalue weighted by molar-refractivity contribution is 0.383. The standard InChI is InChI=1S/C12H16FNO/c1-9(2)7-14-8-10-5-4-6-11(15-3)12(10)13/h4-6,14H,1,7-8H2,2-3H3. The molecule has 0 aliphatic heterocycles. The van der Waals surface area contributed by atoms with Crippen molar-refractivity contribution in [2.75, 3.05) is 13.7 Å². The number of halogens is 1. The second-order valence-corrected chi connectivity index (χ2v) is 3.49. The Labute approximate surface area is 89.8 Å². The van der Waals surface area contributed by atoms with Gasteiger partial charge in [0.1, 0.15) is 0 Å². The summed E-state index contributed by atoms with van der Waals surface area (Å²) in [4.78, 5) is 0. The highest BCUT2D eigenvalue weighted by molar-refractivity contribution is 5.30. The van der Waals surface area contributed by atoms with E-state index in [9.17, 15) is 4.39 Å². The van der Waals surface area contributed by atoms with Crippen LogP contribution in [0, 0.1) is 5.82 Å². The fourth-order valence-corrected chi connectivity index (χ4v) is 1.26. The number of benzene rings is 1. The molecule has 0 aromatic heterocycles. The Morgan fingerprint density at radius 1 is 1.53 bits per heavy atom. The van der Waals surface area contributed by atoms with Crippen LogP contribution in [0.3, 0.4) is 0 Å². The van der Waals surface area contributed by atoms with Crippen molar-refractivity contribution in [2.24, 2.45) is 0 Å². The van der Waals surface area contributed by atoms with Gasteiger partial charge < -0.3 is 10.1 Å². The molecule has 0 fully saturated rings. The highest BCUT2D eigenvalue weighted by Crippen LogP contribution is 2.19. The van der Waals surface area contributed by atoms with E-state index in [-0.39, 0.29) is 11.6 Å². The number of hydrogen-bond acceptors (Lipinski definition) is 2. The molecule has 15 heavy (non-hydrogen) atoms. The lowest BCUT2D eigenvalue weighted by Crippen LogP contribution is -2.16. The van der Waals surface area contributed by atoms with Gasteiger partial charge in [-0.05, 0) is 13.0 Å². The summed E-state index contributed by atoms with van der Waals surface area (Å²) in [6.45, 7) is 6.86. The summed E-state index contributed by atoms with van der Waals surface area (Å²) in [5, 5.41) is 3.10. The van der Waals surface area contributed by atoms with Crippen LogP contribution >= 0.6 is 0 Å². The maximum atomic E-state index is 13.6. The molecule has 1 rings (SSSR count). The first-order valence-corrected chi connectivity index (χ1v) is 4.81. The summed E-state index contributed by atoms with van der Waals surface area (Å²) < 4.78 is 18.5. The molecule has 0 saturated carbocycles. The minimum absolute atomic E-state index is 0.282. The molecule has 0 saturated heterocycles. The van der Waals surface area contributed by atoms with Crippen LogP contribution in [0.2, 0.25) is 0 Å². The molecule has 82 valence electrons. The van der Waals surface area contributed by atoms with E-state index in [1.165, 1.54) is 7.11 Å². The third kappa shape index (κ3) is 3.36. The van der Waals surface area contributed by atoms with Crippen molar-refractivity contribution >= 4 is 0 Å². The summed E-state index contributed by atoms with van der Waals surface area (Å²) in [6, 6.07) is 5.13. The predicted molar refractivity (Wildman–Crippen MR) is 59.5 cm³/mol. The van der Waals surface area contributed by atoms with Gasteiger partial charge in [-0.15, -0.1) is 0 Å². The third-order valence-electron chi connectivity index (χ3n) is 2.01. The van der Waals surface area contributed by atoms with Crippen LogP contribution in [0.15, 0.2) is 30.4 Å². The van der Waals surface area contributed by atoms with E-state index >= 15 is 0 Å². The second-order valence-electron chi connectivity index (χ2n) is 3.49. The topological polar surface area (TPSA) is 21.3 Å². The fourth-order valence-electron chi connectivity index (χ4n) is 1.26. The molecule has 0 aliphatic carbocycles. The molecule has 0 aliphatic rings. The van der Waals surface area contributed by atoms with Gasteiger partial charge in [0.2, 0.25) is 0 Å². The molecule has 2 nitrogen and oxygen atoms in total. The normalized spacial score (nSPS) is 10.1. The molecule has 0 unspecified atom stereocenters. The SMILES string of the molecule is C=C(C)CNCc1cccc(OC)c1F. The first-order chi connectivity index (χ1) is 7.15. The molecular formula is C12H16FNO. The molecule has 0 radical (unpaired) electrons. The van der Waals surface area contributed by atoms with Gasteiger partial charge in [0.05, 0.1) is 7.11 Å². The Kier molecular flexibility index (Phi) is 4.31. The molecule has 1 aromatic rings. The van der Waals surface area contributed by atoms with E-state index in [4.69, 9.17) is 4.74 Å². The average molecular weight is 209 g/mol. The maximum absolute atomic E-state index is 13.6. The minimum atomic E-state index is -0.297. The van der Waals surface area contributed by atoms with Crippen molar-refractivity contribution in [3.63, 3.8) is 0 Å². The third-order valence-corrected chi connectivity index (χ3v) is 2.01. The summed E-state index contributed by atoms with van der Waals surface area (Å²) >= 11 is 0. The molecule has 0 bridgehead atoms. The summed E-state index contributed by atoms with van der Waals surface area (Å²) in [6.07, 6.45) is 0. The molecule has 0 atom stereocenters. The maximum Gasteiger partial charge on any atom is 0.169 e. The number of rotatable bonds is 5. The van der Waals surface area contributed by atoms with Gasteiger partial charge in [-0.1, -0.05) is 24.3 Å². The van der Waals surface area contributed by atoms with Crippen LogP contribution in [0.25, 0.3) is 0 Å². The number of ether oxygens (including phenoxy) is 1. The highest BCUT2D eigenvalue weighted by atomic mass is 19.1. The molecule has 0 amide bonds. The van der Waals surface area contributed by atoms with E-state index in [2.05, 4.69) is 11.9 Å². The van der Waals surface area contributed by atoms with Gasteiger partial charge in [0, 0.05) is 18.7 Å². The zero-order valence-corrected chi connectivity index (χ0v) is 9.14. The first kappa shape index (κ1) is 11.7. The van der Waals surface area contributed by atoms with Crippen molar-refractivity contribution in [1.29, 1.82) is 0 Å². The highest BCUT2D eigenvalue weighted by Gasteiger charge is 2.06. The quantitative estimate of drug-likeness (QED) is 0.752. The number of methoxy groups -OCH3 is 1. The van der Waals surface area contributed by atoms with Gasteiger partial charge in [-0.2, -0.15) is 0 Å². The zero-order valence-electron chi connectivity index (χ0n) is 9.14. The van der Waals surface area contributed by atoms with E-state index < -0.39 is 0 Å². The Morgan fingerprint density at radius 3 is 2.87 bits per heavy atom. The van der Waals surface area contributed by atoms with Crippen molar-refractivity contribution in [2.45, 2.75) is 13.5 Å². The van der Waals surface area contributed by atoms with E-state index in [1.807, 2.05) is 6.92 Å². The van der Waals surface area contributed by atoms with Crippen LogP contribution in [0.1, 0.15) is 12.5 Å². The predicted octanol–water partition coefficient (Wildman–Crippen LogP) is 2.50. The van der Waals surface area contributed by atoms with E-state index in [0.717, 1.165) is 5.57 Å². The van der Waals surface area contributed by atoms with Crippen LogP contribution in [0.4, 0.5) is 4.39 Å². The van der Waals surface area contributed by atoms with Gasteiger partial charge in [0.15, 0.2) is 11.6 Å². The van der Waals surface area contributed by atoms with E-state index in [0.29, 0.717) is 18.7 Å². The molecule has 1 aromatic carbocycles. The molecular weight excluding hydrogens is 193 g/mol. The van der Waals surface area contributed by atoms with Crippen molar-refractivity contribution in [1.82, 2.24) is 5.32 Å². The number of nitrogens with one attached hydrogen (secondary N) is 1. The lowest BCUT2D eigenvalue weighted by atomic mass is 10.2. The Morgan fingerprint density at radius 2 is 2.27 bits per heavy atom. The Balaban J connectivity index is 2.64. The van der Waals surface area contributed by atoms with Crippen molar-refractivity contribution < 1.29 is 9.13 Å². The van der Waals surface area contributed by atoms with Crippen LogP contribution in [-0.2, 0) is 6.54 Å². The largest absolute Gasteiger partial charge is 0.494 e. The van der Waals surface area contributed by atoms with Crippen LogP contribution in [0.5, 0.6) is 5.75 Å². The molecule has 1 N–H and O–H groups in total. The number of hydrogen-bond donors (Lipinski definition) is 1. The van der Waals surface area contributed by atoms with Crippen LogP contribution in [-0.4, -0.2) is 13.7 Å². The second kappa shape index (κ2) is 5.51. The summed E-state index contributed by atoms with van der Waals surface area (Å²) in [5.41, 5.74) is 1.63. The average Bonchev–Trinajstić information content (AvgIpc) is 2.20. The molecule has 0 spiro atoms. The summed E-state index contributed by atoms with van der Waals surface area (Å²) in [5.74, 6) is -0.0150. The Bertz CT molecular complexity index is 349. The zero-order chi connectivity index (χ0) is 11.3.